The molecule has 2 rings (SSSR count). The number of hydrogen-bond acceptors (Lipinski definition) is 6. The Morgan fingerprint density at radius 2 is 1.96 bits per heavy atom. The average molecular weight is 383 g/mol. The number of thiazole rings is 1. The summed E-state index contributed by atoms with van der Waals surface area (Å²) in [4.78, 5) is 39.8. The van der Waals surface area contributed by atoms with Crippen LogP contribution in [0.15, 0.2) is 0 Å². The van der Waals surface area contributed by atoms with Crippen LogP contribution >= 0.6 is 11.3 Å². The Balaban J connectivity index is 1.86. The molecule has 0 saturated heterocycles. The lowest BCUT2D eigenvalue weighted by Gasteiger charge is -2.27. The summed E-state index contributed by atoms with van der Waals surface area (Å²) in [7, 11) is 0. The summed E-state index contributed by atoms with van der Waals surface area (Å²) >= 11 is 1.21. The Morgan fingerprint density at radius 1 is 1.31 bits per heavy atom. The van der Waals surface area contributed by atoms with Gasteiger partial charge in [-0.1, -0.05) is 0 Å². The van der Waals surface area contributed by atoms with Crippen molar-refractivity contribution in [1.82, 2.24) is 15.6 Å². The van der Waals surface area contributed by atoms with E-state index in [2.05, 4.69) is 15.6 Å². The highest BCUT2D eigenvalue weighted by molar-refractivity contribution is 7.13. The largest absolute Gasteiger partial charge is 0.481 e. The van der Waals surface area contributed by atoms with E-state index in [-0.39, 0.29) is 24.0 Å². The SMILES string of the molecule is CCOC(=O)c1sc(C(C)NC(=O)NC2CCC(C(=O)O)CC2)nc1C. The average Bonchev–Trinajstić information content (AvgIpc) is 2.97. The topological polar surface area (TPSA) is 118 Å². The molecule has 1 saturated carbocycles. The minimum absolute atomic E-state index is 0.0223. The van der Waals surface area contributed by atoms with Gasteiger partial charge in [0.25, 0.3) is 0 Å². The van der Waals surface area contributed by atoms with Crippen LogP contribution in [0.25, 0.3) is 0 Å². The van der Waals surface area contributed by atoms with E-state index in [4.69, 9.17) is 9.84 Å². The molecule has 1 aliphatic carbocycles. The Bertz CT molecular complexity index is 667. The number of nitrogens with one attached hydrogen (secondary N) is 2. The van der Waals surface area contributed by atoms with Gasteiger partial charge in [-0.15, -0.1) is 11.3 Å². The van der Waals surface area contributed by atoms with Crippen molar-refractivity contribution in [3.8, 4) is 0 Å². The summed E-state index contributed by atoms with van der Waals surface area (Å²) in [5.74, 6) is -1.48. The maximum atomic E-state index is 12.2. The van der Waals surface area contributed by atoms with Crippen LogP contribution in [0, 0.1) is 12.8 Å². The van der Waals surface area contributed by atoms with E-state index in [0.29, 0.717) is 47.9 Å². The molecule has 26 heavy (non-hydrogen) atoms. The molecule has 1 heterocycles. The van der Waals surface area contributed by atoms with Crippen molar-refractivity contribution in [3.63, 3.8) is 0 Å². The van der Waals surface area contributed by atoms with Crippen molar-refractivity contribution in [2.24, 2.45) is 5.92 Å². The fraction of sp³-hybridized carbons (Fsp3) is 0.647. The number of aliphatic carboxylic acids is 1. The van der Waals surface area contributed by atoms with E-state index in [1.54, 1.807) is 20.8 Å². The molecule has 0 radical (unpaired) electrons. The predicted molar refractivity (Wildman–Crippen MR) is 96.3 cm³/mol. The minimum Gasteiger partial charge on any atom is -0.481 e. The van der Waals surface area contributed by atoms with Crippen LogP contribution in [0.1, 0.15) is 65.9 Å². The Morgan fingerprint density at radius 3 is 2.54 bits per heavy atom. The highest BCUT2D eigenvalue weighted by atomic mass is 32.1. The molecular formula is C17H25N3O5S. The summed E-state index contributed by atoms with van der Waals surface area (Å²) in [5.41, 5.74) is 0.588. The molecule has 144 valence electrons. The molecule has 0 bridgehead atoms. The zero-order valence-electron chi connectivity index (χ0n) is 15.2. The summed E-state index contributed by atoms with van der Waals surface area (Å²) in [5, 5.41) is 15.3. The monoisotopic (exact) mass is 383 g/mol. The molecule has 1 aromatic rings. The number of carbonyl (C=O) groups is 3. The molecule has 3 N–H and O–H groups in total. The van der Waals surface area contributed by atoms with E-state index in [1.165, 1.54) is 11.3 Å². The smallest absolute Gasteiger partial charge is 0.350 e. The van der Waals surface area contributed by atoms with Crippen LogP contribution in [0.3, 0.4) is 0 Å². The van der Waals surface area contributed by atoms with E-state index < -0.39 is 11.9 Å². The summed E-state index contributed by atoms with van der Waals surface area (Å²) in [6.07, 6.45) is 2.46. The number of nitrogens with zero attached hydrogens (tertiary/aromatic N) is 1. The second kappa shape index (κ2) is 8.98. The zero-order chi connectivity index (χ0) is 19.3. The van der Waals surface area contributed by atoms with Gasteiger partial charge in [-0.3, -0.25) is 4.79 Å². The molecule has 1 atom stereocenters. The highest BCUT2D eigenvalue weighted by Crippen LogP contribution is 2.26. The van der Waals surface area contributed by atoms with Gasteiger partial charge in [0.05, 0.1) is 24.3 Å². The first-order chi connectivity index (χ1) is 12.3. The fourth-order valence-electron chi connectivity index (χ4n) is 2.96. The van der Waals surface area contributed by atoms with Crippen LogP contribution in [0.4, 0.5) is 4.79 Å². The van der Waals surface area contributed by atoms with Crippen molar-refractivity contribution in [1.29, 1.82) is 0 Å². The van der Waals surface area contributed by atoms with E-state index in [1.807, 2.05) is 0 Å². The van der Waals surface area contributed by atoms with Crippen molar-refractivity contribution in [3.05, 3.63) is 15.6 Å². The van der Waals surface area contributed by atoms with Crippen LogP contribution in [0.2, 0.25) is 0 Å². The normalized spacial score (nSPS) is 20.9. The number of esters is 1. The minimum atomic E-state index is -0.766. The second-order valence-corrected chi connectivity index (χ2v) is 7.44. The molecule has 1 aromatic heterocycles. The standard InChI is InChI=1S/C17H25N3O5S/c1-4-25-16(23)13-9(2)18-14(26-13)10(3)19-17(24)20-12-7-5-11(6-8-12)15(21)22/h10-12H,4-8H2,1-3H3,(H,21,22)(H2,19,20,24). The van der Waals surface area contributed by atoms with Crippen LogP contribution in [0.5, 0.6) is 0 Å². The Kier molecular flexibility index (Phi) is 6.96. The molecule has 2 amide bonds. The number of carboxylic acid groups (broad SMARTS) is 1. The first-order valence-electron chi connectivity index (χ1n) is 8.76. The third kappa shape index (κ3) is 5.17. The molecule has 1 unspecified atom stereocenters. The van der Waals surface area contributed by atoms with Gasteiger partial charge >= 0.3 is 18.0 Å². The van der Waals surface area contributed by atoms with E-state index in [0.717, 1.165) is 0 Å². The fourth-order valence-corrected chi connectivity index (χ4v) is 3.92. The summed E-state index contributed by atoms with van der Waals surface area (Å²) in [6, 6.07) is -0.690. The molecule has 9 heteroatoms. The van der Waals surface area contributed by atoms with Crippen LogP contribution in [-0.4, -0.2) is 40.7 Å². The molecule has 1 fully saturated rings. The van der Waals surface area contributed by atoms with E-state index in [9.17, 15) is 14.4 Å². The number of aryl methyl sites for hydroxylation is 1. The van der Waals surface area contributed by atoms with Gasteiger partial charge in [0.2, 0.25) is 0 Å². The van der Waals surface area contributed by atoms with Gasteiger partial charge in [0, 0.05) is 6.04 Å². The number of rotatable bonds is 6. The third-order valence-electron chi connectivity index (χ3n) is 4.40. The maximum Gasteiger partial charge on any atom is 0.350 e. The maximum absolute atomic E-state index is 12.2. The number of hydrogen-bond donors (Lipinski definition) is 3. The van der Waals surface area contributed by atoms with Crippen molar-refractivity contribution >= 4 is 29.3 Å². The van der Waals surface area contributed by atoms with Gasteiger partial charge in [-0.05, 0) is 46.5 Å². The summed E-state index contributed by atoms with van der Waals surface area (Å²) in [6.45, 7) is 5.58. The number of amides is 2. The first-order valence-corrected chi connectivity index (χ1v) is 9.57. The third-order valence-corrected chi connectivity index (χ3v) is 5.72. The number of ether oxygens (including phenoxy) is 1. The Labute approximate surface area is 156 Å². The predicted octanol–water partition coefficient (Wildman–Crippen LogP) is 2.63. The van der Waals surface area contributed by atoms with Gasteiger partial charge in [0.15, 0.2) is 0 Å². The van der Waals surface area contributed by atoms with Crippen molar-refractivity contribution in [2.45, 2.75) is 58.5 Å². The molecule has 0 aliphatic heterocycles. The quantitative estimate of drug-likeness (QED) is 0.650. The summed E-state index contributed by atoms with van der Waals surface area (Å²) < 4.78 is 5.00. The zero-order valence-corrected chi connectivity index (χ0v) is 16.0. The number of carboxylic acids is 1. The van der Waals surface area contributed by atoms with Crippen LogP contribution < -0.4 is 10.6 Å². The highest BCUT2D eigenvalue weighted by Gasteiger charge is 2.27. The van der Waals surface area contributed by atoms with Crippen molar-refractivity contribution in [2.75, 3.05) is 6.61 Å². The lowest BCUT2D eigenvalue weighted by atomic mass is 9.86. The first kappa shape index (κ1) is 20.2. The number of aromatic nitrogens is 1. The molecule has 0 aromatic carbocycles. The van der Waals surface area contributed by atoms with Crippen LogP contribution in [-0.2, 0) is 9.53 Å². The molecule has 8 nitrogen and oxygen atoms in total. The van der Waals surface area contributed by atoms with Crippen molar-refractivity contribution < 1.29 is 24.2 Å². The lowest BCUT2D eigenvalue weighted by molar-refractivity contribution is -0.142. The van der Waals surface area contributed by atoms with Gasteiger partial charge < -0.3 is 20.5 Å². The van der Waals surface area contributed by atoms with Gasteiger partial charge in [0.1, 0.15) is 9.88 Å². The number of urea groups is 1. The number of carbonyl (C=O) groups excluding carboxylic acids is 2. The van der Waals surface area contributed by atoms with E-state index >= 15 is 0 Å². The Hall–Kier alpha value is -2.16. The lowest BCUT2D eigenvalue weighted by Crippen LogP contribution is -2.44. The molecular weight excluding hydrogens is 358 g/mol. The molecule has 0 spiro atoms. The van der Waals surface area contributed by atoms with Gasteiger partial charge in [-0.2, -0.15) is 0 Å². The second-order valence-electron chi connectivity index (χ2n) is 6.41. The van der Waals surface area contributed by atoms with Gasteiger partial charge in [-0.25, -0.2) is 14.6 Å². The molecule has 1 aliphatic rings.